The summed E-state index contributed by atoms with van der Waals surface area (Å²) in [4.78, 5) is 47.6. The first-order chi connectivity index (χ1) is 26.0. The molecule has 11 nitrogen and oxygen atoms in total. The maximum absolute atomic E-state index is 16.1. The highest BCUT2D eigenvalue weighted by Crippen LogP contribution is 2.43. The van der Waals surface area contributed by atoms with Crippen LogP contribution in [0.1, 0.15) is 93.1 Å². The SMILES string of the molecule is CC(=O)O[C@@H](C)C(=O)N(C[C@@H]1CN(C(=O)OC(C)(C)C)C[C@@H]1F)[C@@H](c1nc(-c2cc(F)ccc2F)cn1Cc1ccccc1)C(C)(C)CCNS(=O)C(C)(C)C. The van der Waals surface area contributed by atoms with E-state index >= 15 is 8.78 Å². The summed E-state index contributed by atoms with van der Waals surface area (Å²) in [6, 6.07) is 11.4. The number of hydrogen-bond donors (Lipinski definition) is 1. The van der Waals surface area contributed by atoms with Gasteiger partial charge in [-0.2, -0.15) is 0 Å². The van der Waals surface area contributed by atoms with E-state index in [1.807, 2.05) is 65.0 Å². The third kappa shape index (κ3) is 11.7. The molecule has 15 heteroatoms. The number of likely N-dealkylation sites (tertiary alicyclic amines) is 1. The summed E-state index contributed by atoms with van der Waals surface area (Å²) in [6.45, 7) is 16.9. The van der Waals surface area contributed by atoms with Gasteiger partial charge in [0.1, 0.15) is 29.2 Å². The number of halogens is 3. The van der Waals surface area contributed by atoms with Crippen molar-refractivity contribution in [2.75, 3.05) is 26.2 Å². The lowest BCUT2D eigenvalue weighted by Gasteiger charge is -2.44. The average Bonchev–Trinajstić information content (AvgIpc) is 3.66. The van der Waals surface area contributed by atoms with Gasteiger partial charge in [-0.25, -0.2) is 31.9 Å². The summed E-state index contributed by atoms with van der Waals surface area (Å²) >= 11 is 0. The number of benzene rings is 2. The lowest BCUT2D eigenvalue weighted by atomic mass is 9.79. The Labute approximate surface area is 330 Å². The van der Waals surface area contributed by atoms with Gasteiger partial charge in [0.05, 0.1) is 34.0 Å². The molecule has 4 rings (SSSR count). The average molecular weight is 804 g/mol. The lowest BCUT2D eigenvalue weighted by molar-refractivity contribution is -0.161. The molecule has 308 valence electrons. The number of esters is 1. The van der Waals surface area contributed by atoms with Crippen molar-refractivity contribution in [3.63, 3.8) is 0 Å². The van der Waals surface area contributed by atoms with Gasteiger partial charge in [-0.05, 0) is 84.1 Å². The fraction of sp³-hybridized carbons (Fsp3) is 0.561. The molecule has 0 aliphatic carbocycles. The van der Waals surface area contributed by atoms with Crippen LogP contribution in [0.5, 0.6) is 0 Å². The Morgan fingerprint density at radius 3 is 2.29 bits per heavy atom. The van der Waals surface area contributed by atoms with E-state index in [4.69, 9.17) is 14.5 Å². The summed E-state index contributed by atoms with van der Waals surface area (Å²) in [5.41, 5.74) is -0.933. The Kier molecular flexibility index (Phi) is 14.2. The van der Waals surface area contributed by atoms with Crippen LogP contribution in [-0.2, 0) is 36.6 Å². The summed E-state index contributed by atoms with van der Waals surface area (Å²) in [5, 5.41) is 0. The summed E-state index contributed by atoms with van der Waals surface area (Å²) in [7, 11) is -1.43. The van der Waals surface area contributed by atoms with Crippen LogP contribution >= 0.6 is 0 Å². The van der Waals surface area contributed by atoms with Crippen molar-refractivity contribution in [2.45, 2.75) is 111 Å². The van der Waals surface area contributed by atoms with Crippen molar-refractivity contribution in [3.8, 4) is 11.3 Å². The Morgan fingerprint density at radius 1 is 1.02 bits per heavy atom. The molecular formula is C41H56F3N5O6S. The first-order valence-corrected chi connectivity index (χ1v) is 19.9. The van der Waals surface area contributed by atoms with E-state index in [-0.39, 0.29) is 49.8 Å². The topological polar surface area (TPSA) is 123 Å². The van der Waals surface area contributed by atoms with Crippen molar-refractivity contribution >= 4 is 29.0 Å². The number of hydrogen-bond acceptors (Lipinski definition) is 7. The Bertz CT molecular complexity index is 1880. The minimum absolute atomic E-state index is 0.0702. The zero-order valence-corrected chi connectivity index (χ0v) is 34.8. The van der Waals surface area contributed by atoms with Gasteiger partial charge in [0.25, 0.3) is 5.91 Å². The first kappa shape index (κ1) is 44.5. The molecular weight excluding hydrogens is 748 g/mol. The van der Waals surface area contributed by atoms with Crippen LogP contribution in [0.3, 0.4) is 0 Å². The van der Waals surface area contributed by atoms with Crippen LogP contribution in [-0.4, -0.2) is 90.3 Å². The largest absolute Gasteiger partial charge is 0.453 e. The molecule has 1 N–H and O–H groups in total. The predicted molar refractivity (Wildman–Crippen MR) is 209 cm³/mol. The van der Waals surface area contributed by atoms with Crippen molar-refractivity contribution in [1.29, 1.82) is 0 Å². The zero-order valence-electron chi connectivity index (χ0n) is 34.0. The number of aromatic nitrogens is 2. The number of carbonyl (C=O) groups is 3. The van der Waals surface area contributed by atoms with Crippen molar-refractivity contribution in [1.82, 2.24) is 24.1 Å². The number of amides is 2. The Hall–Kier alpha value is -4.24. The number of imidazole rings is 1. The smallest absolute Gasteiger partial charge is 0.410 e. The molecule has 0 radical (unpaired) electrons. The van der Waals surface area contributed by atoms with E-state index in [2.05, 4.69) is 4.72 Å². The van der Waals surface area contributed by atoms with Crippen LogP contribution in [0.2, 0.25) is 0 Å². The van der Waals surface area contributed by atoms with E-state index in [1.165, 1.54) is 23.6 Å². The maximum atomic E-state index is 16.1. The van der Waals surface area contributed by atoms with E-state index in [1.54, 1.807) is 31.5 Å². The predicted octanol–water partition coefficient (Wildman–Crippen LogP) is 7.37. The highest BCUT2D eigenvalue weighted by atomic mass is 32.2. The minimum Gasteiger partial charge on any atom is -0.453 e. The second-order valence-electron chi connectivity index (χ2n) is 17.0. The molecule has 2 heterocycles. The van der Waals surface area contributed by atoms with Gasteiger partial charge in [0, 0.05) is 50.8 Å². The highest BCUT2D eigenvalue weighted by Gasteiger charge is 2.46. The van der Waals surface area contributed by atoms with Crippen LogP contribution in [0, 0.1) is 23.0 Å². The molecule has 56 heavy (non-hydrogen) atoms. The highest BCUT2D eigenvalue weighted by molar-refractivity contribution is 7.84. The van der Waals surface area contributed by atoms with Gasteiger partial charge < -0.3 is 23.8 Å². The van der Waals surface area contributed by atoms with Gasteiger partial charge >= 0.3 is 12.1 Å². The van der Waals surface area contributed by atoms with Gasteiger partial charge in [0.2, 0.25) is 0 Å². The number of ether oxygens (including phenoxy) is 2. The molecule has 1 aliphatic rings. The standard InChI is InChI=1S/C41H56F3N5O6S/c1-26(54-27(2)50)37(51)49(23-29-22-48(24-33(29)44)38(52)55-39(3,4)5)35(41(9,10)18-19-45-56(53)40(6,7)8)36-46-34(31-20-30(42)16-17-32(31)43)25-47(36)21-28-14-12-11-13-15-28/h11-17,20,25-26,29,33,35,45H,18-19,21-24H2,1-10H3/t26-,29-,33-,35-,56?/m0/s1. The Morgan fingerprint density at radius 2 is 1.68 bits per heavy atom. The molecule has 1 aromatic heterocycles. The first-order valence-electron chi connectivity index (χ1n) is 18.8. The summed E-state index contributed by atoms with van der Waals surface area (Å²) in [6.07, 6.45) is -1.66. The summed E-state index contributed by atoms with van der Waals surface area (Å²) in [5.74, 6) is -3.36. The second-order valence-corrected chi connectivity index (χ2v) is 19.1. The number of alkyl halides is 1. The third-order valence-electron chi connectivity index (χ3n) is 9.48. The Balaban J connectivity index is 1.92. The fourth-order valence-electron chi connectivity index (χ4n) is 6.70. The third-order valence-corrected chi connectivity index (χ3v) is 11.1. The van der Waals surface area contributed by atoms with Gasteiger partial charge in [0.15, 0.2) is 6.10 Å². The minimum atomic E-state index is -1.55. The van der Waals surface area contributed by atoms with Gasteiger partial charge in [-0.1, -0.05) is 44.2 Å². The zero-order chi connectivity index (χ0) is 41.7. The molecule has 2 amide bonds. The molecule has 1 unspecified atom stereocenters. The van der Waals surface area contributed by atoms with Gasteiger partial charge in [-0.3, -0.25) is 9.59 Å². The second kappa shape index (κ2) is 17.9. The van der Waals surface area contributed by atoms with Crippen molar-refractivity contribution in [2.24, 2.45) is 11.3 Å². The molecule has 3 aromatic rings. The molecule has 1 fully saturated rings. The van der Waals surface area contributed by atoms with Gasteiger partial charge in [-0.15, -0.1) is 0 Å². The molecule has 5 atom stereocenters. The normalized spacial score (nSPS) is 18.0. The molecule has 0 spiro atoms. The number of rotatable bonds is 14. The number of nitrogens with one attached hydrogen (secondary N) is 1. The van der Waals surface area contributed by atoms with Crippen molar-refractivity contribution < 1.29 is 41.2 Å². The van der Waals surface area contributed by atoms with Crippen LogP contribution in [0.15, 0.2) is 54.7 Å². The number of nitrogens with zero attached hydrogens (tertiary/aromatic N) is 4. The molecule has 1 saturated heterocycles. The molecule has 0 bridgehead atoms. The summed E-state index contributed by atoms with van der Waals surface area (Å²) < 4.78 is 74.3. The molecule has 0 saturated carbocycles. The molecule has 2 aromatic carbocycles. The quantitative estimate of drug-likeness (QED) is 0.169. The van der Waals surface area contributed by atoms with E-state index < -0.39 is 80.6 Å². The number of carbonyl (C=O) groups excluding carboxylic acids is 3. The fourth-order valence-corrected chi connectivity index (χ4v) is 7.42. The van der Waals surface area contributed by atoms with Crippen molar-refractivity contribution in [3.05, 3.63) is 77.8 Å². The lowest BCUT2D eigenvalue weighted by Crippen LogP contribution is -2.51. The molecule has 1 aliphatic heterocycles. The van der Waals surface area contributed by atoms with Crippen LogP contribution in [0.4, 0.5) is 18.0 Å². The van der Waals surface area contributed by atoms with Crippen LogP contribution < -0.4 is 4.72 Å². The van der Waals surface area contributed by atoms with E-state index in [9.17, 15) is 23.0 Å². The monoisotopic (exact) mass is 803 g/mol. The maximum Gasteiger partial charge on any atom is 0.410 e. The van der Waals surface area contributed by atoms with E-state index in [0.717, 1.165) is 23.8 Å². The van der Waals surface area contributed by atoms with E-state index in [0.29, 0.717) is 6.42 Å². The van der Waals surface area contributed by atoms with Crippen LogP contribution in [0.25, 0.3) is 11.3 Å².